The van der Waals surface area contributed by atoms with Gasteiger partial charge in [0.05, 0.1) is 13.2 Å². The maximum Gasteiger partial charge on any atom is 0.332 e. The van der Waals surface area contributed by atoms with Crippen molar-refractivity contribution < 1.29 is 14.6 Å². The molecular weight excluding hydrogens is 280 g/mol. The molecule has 2 aromatic rings. The highest BCUT2D eigenvalue weighted by molar-refractivity contribution is 5.74. The lowest BCUT2D eigenvalue weighted by Crippen LogP contribution is -2.39. The van der Waals surface area contributed by atoms with Gasteiger partial charge in [0.15, 0.2) is 11.2 Å². The first-order valence-corrected chi connectivity index (χ1v) is 6.24. The zero-order chi connectivity index (χ0) is 15.7. The van der Waals surface area contributed by atoms with Crippen LogP contribution in [0.25, 0.3) is 11.2 Å². The Morgan fingerprint density at radius 2 is 1.95 bits per heavy atom. The van der Waals surface area contributed by atoms with Crippen molar-refractivity contribution in [1.82, 2.24) is 18.7 Å². The Bertz CT molecular complexity index is 814. The van der Waals surface area contributed by atoms with Crippen molar-refractivity contribution in [3.05, 3.63) is 26.7 Å². The molecule has 114 valence electrons. The van der Waals surface area contributed by atoms with E-state index in [2.05, 4.69) is 4.98 Å². The van der Waals surface area contributed by atoms with Crippen molar-refractivity contribution in [1.29, 1.82) is 0 Å². The summed E-state index contributed by atoms with van der Waals surface area (Å²) in [7, 11) is 4.43. The minimum atomic E-state index is -1.06. The number of carbonyl (C=O) groups is 1. The van der Waals surface area contributed by atoms with E-state index in [1.807, 2.05) is 0 Å². The number of aliphatic carboxylic acids is 1. The van der Waals surface area contributed by atoms with Crippen molar-refractivity contribution in [3.63, 3.8) is 0 Å². The number of hydrogen-bond acceptors (Lipinski definition) is 5. The second-order valence-corrected chi connectivity index (χ2v) is 4.62. The third-order valence-electron chi connectivity index (χ3n) is 3.28. The predicted molar refractivity (Wildman–Crippen MR) is 73.4 cm³/mol. The maximum absolute atomic E-state index is 12.2. The topological polar surface area (TPSA) is 108 Å². The van der Waals surface area contributed by atoms with Crippen LogP contribution in [0.3, 0.4) is 0 Å². The van der Waals surface area contributed by atoms with Crippen LogP contribution in [-0.2, 0) is 36.6 Å². The molecule has 0 saturated carbocycles. The molecule has 9 heteroatoms. The average Bonchev–Trinajstić information content (AvgIpc) is 2.73. The summed E-state index contributed by atoms with van der Waals surface area (Å²) in [6, 6.07) is 0. The van der Waals surface area contributed by atoms with Gasteiger partial charge in [0, 0.05) is 21.2 Å². The molecule has 0 saturated heterocycles. The summed E-state index contributed by atoms with van der Waals surface area (Å²) < 4.78 is 8.64. The van der Waals surface area contributed by atoms with E-state index in [1.54, 1.807) is 7.05 Å². The number of hydrogen-bond donors (Lipinski definition) is 1. The molecular formula is C12H16N4O5. The van der Waals surface area contributed by atoms with E-state index >= 15 is 0 Å². The molecule has 0 bridgehead atoms. The molecule has 2 heterocycles. The van der Waals surface area contributed by atoms with Gasteiger partial charge >= 0.3 is 11.7 Å². The minimum Gasteiger partial charge on any atom is -0.481 e. The van der Waals surface area contributed by atoms with E-state index in [0.29, 0.717) is 0 Å². The SMILES string of the molecule is COCCn1c(=O)n(C)c(=O)c2c1nc(CC(=O)O)n2C. The van der Waals surface area contributed by atoms with Crippen LogP contribution in [0.15, 0.2) is 9.59 Å². The number of ether oxygens (including phenoxy) is 1. The highest BCUT2D eigenvalue weighted by Crippen LogP contribution is 2.10. The first-order chi connectivity index (χ1) is 9.88. The molecule has 0 fully saturated rings. The predicted octanol–water partition coefficient (Wildman–Crippen LogP) is -1.29. The van der Waals surface area contributed by atoms with Crippen LogP contribution in [0, 0.1) is 0 Å². The summed E-state index contributed by atoms with van der Waals surface area (Å²) >= 11 is 0. The molecule has 0 spiro atoms. The molecule has 0 aliphatic rings. The van der Waals surface area contributed by atoms with Crippen LogP contribution in [0.1, 0.15) is 5.82 Å². The smallest absolute Gasteiger partial charge is 0.332 e. The molecule has 0 atom stereocenters. The highest BCUT2D eigenvalue weighted by atomic mass is 16.5. The van der Waals surface area contributed by atoms with Crippen molar-refractivity contribution in [2.75, 3.05) is 13.7 Å². The summed E-state index contributed by atoms with van der Waals surface area (Å²) in [5, 5.41) is 8.88. The van der Waals surface area contributed by atoms with Gasteiger partial charge in [-0.05, 0) is 0 Å². The van der Waals surface area contributed by atoms with Gasteiger partial charge in [0.1, 0.15) is 12.2 Å². The second-order valence-electron chi connectivity index (χ2n) is 4.62. The number of aryl methyl sites for hydroxylation is 1. The van der Waals surface area contributed by atoms with Gasteiger partial charge in [-0.1, -0.05) is 0 Å². The van der Waals surface area contributed by atoms with Crippen LogP contribution in [0.5, 0.6) is 0 Å². The largest absolute Gasteiger partial charge is 0.481 e. The lowest BCUT2D eigenvalue weighted by atomic mass is 10.4. The zero-order valence-electron chi connectivity index (χ0n) is 12.0. The molecule has 0 aliphatic carbocycles. The molecule has 0 aliphatic heterocycles. The molecule has 0 amide bonds. The van der Waals surface area contributed by atoms with Gasteiger partial charge in [-0.2, -0.15) is 0 Å². The number of carboxylic acid groups (broad SMARTS) is 1. The number of aromatic nitrogens is 4. The summed E-state index contributed by atoms with van der Waals surface area (Å²) in [4.78, 5) is 39.4. The first kappa shape index (κ1) is 15.0. The van der Waals surface area contributed by atoms with Crippen molar-refractivity contribution in [2.24, 2.45) is 14.1 Å². The molecule has 21 heavy (non-hydrogen) atoms. The number of imidazole rings is 1. The lowest BCUT2D eigenvalue weighted by molar-refractivity contribution is -0.136. The minimum absolute atomic E-state index is 0.180. The molecule has 1 N–H and O–H groups in total. The average molecular weight is 296 g/mol. The van der Waals surface area contributed by atoms with Gasteiger partial charge in [-0.25, -0.2) is 9.78 Å². The molecule has 0 radical (unpaired) electrons. The quantitative estimate of drug-likeness (QED) is 0.735. The normalized spacial score (nSPS) is 11.2. The van der Waals surface area contributed by atoms with E-state index < -0.39 is 17.2 Å². The van der Waals surface area contributed by atoms with Crippen LogP contribution < -0.4 is 11.2 Å². The van der Waals surface area contributed by atoms with Crippen LogP contribution >= 0.6 is 0 Å². The number of nitrogens with zero attached hydrogens (tertiary/aromatic N) is 4. The third-order valence-corrected chi connectivity index (χ3v) is 3.28. The molecule has 0 unspecified atom stereocenters. The Labute approximate surface area is 119 Å². The van der Waals surface area contributed by atoms with Gasteiger partial charge in [0.25, 0.3) is 5.56 Å². The van der Waals surface area contributed by atoms with Crippen molar-refractivity contribution in [3.8, 4) is 0 Å². The maximum atomic E-state index is 12.2. The van der Waals surface area contributed by atoms with E-state index in [1.165, 1.54) is 23.3 Å². The zero-order valence-corrected chi connectivity index (χ0v) is 12.0. The fourth-order valence-electron chi connectivity index (χ4n) is 2.15. The van der Waals surface area contributed by atoms with Gasteiger partial charge in [-0.15, -0.1) is 0 Å². The summed E-state index contributed by atoms with van der Waals surface area (Å²) in [6.07, 6.45) is -0.327. The van der Waals surface area contributed by atoms with Crippen LogP contribution in [-0.4, -0.2) is 43.5 Å². The Kier molecular flexibility index (Phi) is 3.94. The first-order valence-electron chi connectivity index (χ1n) is 6.24. The van der Waals surface area contributed by atoms with Gasteiger partial charge in [0.2, 0.25) is 0 Å². The Hall–Kier alpha value is -2.42. The van der Waals surface area contributed by atoms with E-state index in [9.17, 15) is 14.4 Å². The van der Waals surface area contributed by atoms with Gasteiger partial charge < -0.3 is 14.4 Å². The van der Waals surface area contributed by atoms with E-state index in [-0.39, 0.29) is 36.6 Å². The molecule has 2 rings (SSSR count). The fraction of sp³-hybridized carbons (Fsp3) is 0.500. The standard InChI is InChI=1S/C12H16N4O5/c1-14-7(6-8(17)18)13-10-9(14)11(19)15(2)12(20)16(10)4-5-21-3/h4-6H2,1-3H3,(H,17,18). The van der Waals surface area contributed by atoms with Crippen LogP contribution in [0.2, 0.25) is 0 Å². The fourth-order valence-corrected chi connectivity index (χ4v) is 2.15. The molecule has 2 aromatic heterocycles. The van der Waals surface area contributed by atoms with E-state index in [0.717, 1.165) is 4.57 Å². The highest BCUT2D eigenvalue weighted by Gasteiger charge is 2.19. The van der Waals surface area contributed by atoms with Crippen molar-refractivity contribution >= 4 is 17.1 Å². The Balaban J connectivity index is 2.80. The lowest BCUT2D eigenvalue weighted by Gasteiger charge is -2.08. The third kappa shape index (κ3) is 2.47. The summed E-state index contributed by atoms with van der Waals surface area (Å²) in [5.41, 5.74) is -0.636. The van der Waals surface area contributed by atoms with Gasteiger partial charge in [-0.3, -0.25) is 18.7 Å². The van der Waals surface area contributed by atoms with Crippen molar-refractivity contribution in [2.45, 2.75) is 13.0 Å². The second kappa shape index (κ2) is 5.52. The van der Waals surface area contributed by atoms with Crippen LogP contribution in [0.4, 0.5) is 0 Å². The Morgan fingerprint density at radius 1 is 1.29 bits per heavy atom. The number of fused-ring (bicyclic) bond motifs is 1. The summed E-state index contributed by atoms with van der Waals surface area (Å²) in [6.45, 7) is 0.502. The monoisotopic (exact) mass is 296 g/mol. The van der Waals surface area contributed by atoms with E-state index in [4.69, 9.17) is 9.84 Å². The Morgan fingerprint density at radius 3 is 2.52 bits per heavy atom. The molecule has 9 nitrogen and oxygen atoms in total. The number of methoxy groups -OCH3 is 1. The number of carboxylic acids is 1. The molecule has 0 aromatic carbocycles. The summed E-state index contributed by atoms with van der Waals surface area (Å²) in [5.74, 6) is -0.845. The number of rotatable bonds is 5.